The van der Waals surface area contributed by atoms with Gasteiger partial charge in [-0.1, -0.05) is 12.2 Å². The third kappa shape index (κ3) is 5.40. The Bertz CT molecular complexity index is 150. The third-order valence-corrected chi connectivity index (χ3v) is 1.30. The lowest BCUT2D eigenvalue weighted by Gasteiger charge is -2.08. The summed E-state index contributed by atoms with van der Waals surface area (Å²) in [6, 6.07) is 0. The van der Waals surface area contributed by atoms with Gasteiger partial charge in [0.2, 0.25) is 0 Å². The predicted molar refractivity (Wildman–Crippen MR) is 45.1 cm³/mol. The summed E-state index contributed by atoms with van der Waals surface area (Å²) in [4.78, 5) is 10.4. The second-order valence-electron chi connectivity index (χ2n) is 2.32. The number of esters is 1. The lowest BCUT2D eigenvalue weighted by molar-refractivity contribution is -0.141. The van der Waals surface area contributed by atoms with Gasteiger partial charge in [0.25, 0.3) is 0 Å². The molecule has 0 saturated heterocycles. The molecule has 0 aromatic carbocycles. The van der Waals surface area contributed by atoms with Crippen LogP contribution in [0.2, 0.25) is 0 Å². The number of carbonyl (C=O) groups excluding carboxylic acids is 1. The fourth-order valence-corrected chi connectivity index (χ4v) is 0.671. The van der Waals surface area contributed by atoms with Gasteiger partial charge < -0.3 is 4.74 Å². The van der Waals surface area contributed by atoms with Crippen molar-refractivity contribution in [1.82, 2.24) is 0 Å². The fraction of sp³-hybridized carbons (Fsp3) is 0.444. The summed E-state index contributed by atoms with van der Waals surface area (Å²) in [6.45, 7) is 9.01. The minimum Gasteiger partial charge on any atom is -0.465 e. The van der Waals surface area contributed by atoms with Crippen LogP contribution in [-0.4, -0.2) is 12.6 Å². The van der Waals surface area contributed by atoms with E-state index in [4.69, 9.17) is 4.74 Å². The van der Waals surface area contributed by atoms with E-state index < -0.39 is 0 Å². The number of ether oxygens (including phenoxy) is 1. The average molecular weight is 154 g/mol. The van der Waals surface area contributed by atoms with E-state index in [9.17, 15) is 4.79 Å². The van der Waals surface area contributed by atoms with Gasteiger partial charge in [-0.05, 0) is 6.42 Å². The van der Waals surface area contributed by atoms with Gasteiger partial charge in [-0.25, -0.2) is 0 Å². The molecule has 0 heterocycles. The SMILES string of the molecule is C=CCC(C=C)COC(C)=O. The Labute approximate surface area is 67.6 Å². The van der Waals surface area contributed by atoms with Gasteiger partial charge in [0, 0.05) is 12.8 Å². The lowest BCUT2D eigenvalue weighted by atomic mass is 10.1. The number of rotatable bonds is 5. The standard InChI is InChI=1S/C9H14O2/c1-4-6-9(5-2)7-11-8(3)10/h4-5,9H,1-2,6-7H2,3H3. The molecule has 11 heavy (non-hydrogen) atoms. The Balaban J connectivity index is 3.59. The molecule has 0 bridgehead atoms. The zero-order valence-electron chi connectivity index (χ0n) is 6.88. The molecule has 2 nitrogen and oxygen atoms in total. The van der Waals surface area contributed by atoms with E-state index in [1.807, 2.05) is 0 Å². The molecule has 0 aliphatic rings. The first-order valence-corrected chi connectivity index (χ1v) is 3.57. The monoisotopic (exact) mass is 154 g/mol. The zero-order chi connectivity index (χ0) is 8.69. The molecule has 0 spiro atoms. The highest BCUT2D eigenvalue weighted by Crippen LogP contribution is 2.04. The van der Waals surface area contributed by atoms with Crippen LogP contribution in [0.1, 0.15) is 13.3 Å². The molecule has 0 amide bonds. The quantitative estimate of drug-likeness (QED) is 0.446. The van der Waals surface area contributed by atoms with Crippen LogP contribution >= 0.6 is 0 Å². The second-order valence-corrected chi connectivity index (χ2v) is 2.32. The van der Waals surface area contributed by atoms with Crippen molar-refractivity contribution in [1.29, 1.82) is 0 Å². The van der Waals surface area contributed by atoms with E-state index in [-0.39, 0.29) is 11.9 Å². The van der Waals surface area contributed by atoms with Crippen molar-refractivity contribution in [3.63, 3.8) is 0 Å². The maximum Gasteiger partial charge on any atom is 0.302 e. The Kier molecular flexibility index (Phi) is 5.17. The molecular formula is C9H14O2. The lowest BCUT2D eigenvalue weighted by Crippen LogP contribution is -2.09. The molecular weight excluding hydrogens is 140 g/mol. The molecule has 0 aromatic rings. The molecule has 2 heteroatoms. The highest BCUT2D eigenvalue weighted by molar-refractivity contribution is 5.65. The highest BCUT2D eigenvalue weighted by atomic mass is 16.5. The minimum atomic E-state index is -0.249. The van der Waals surface area contributed by atoms with Gasteiger partial charge in [-0.2, -0.15) is 0 Å². The van der Waals surface area contributed by atoms with Gasteiger partial charge >= 0.3 is 5.97 Å². The largest absolute Gasteiger partial charge is 0.465 e. The topological polar surface area (TPSA) is 26.3 Å². The van der Waals surface area contributed by atoms with Gasteiger partial charge in [-0.15, -0.1) is 13.2 Å². The zero-order valence-corrected chi connectivity index (χ0v) is 6.88. The van der Waals surface area contributed by atoms with Crippen LogP contribution in [0.15, 0.2) is 25.3 Å². The van der Waals surface area contributed by atoms with Gasteiger partial charge in [0.05, 0.1) is 6.61 Å². The smallest absolute Gasteiger partial charge is 0.302 e. The van der Waals surface area contributed by atoms with Crippen molar-refractivity contribution in [3.8, 4) is 0 Å². The summed E-state index contributed by atoms with van der Waals surface area (Å²) in [5.41, 5.74) is 0. The van der Waals surface area contributed by atoms with Gasteiger partial charge in [-0.3, -0.25) is 4.79 Å². The summed E-state index contributed by atoms with van der Waals surface area (Å²) in [5, 5.41) is 0. The van der Waals surface area contributed by atoms with E-state index in [2.05, 4.69) is 13.2 Å². The van der Waals surface area contributed by atoms with Crippen molar-refractivity contribution < 1.29 is 9.53 Å². The third-order valence-electron chi connectivity index (χ3n) is 1.30. The van der Waals surface area contributed by atoms with Crippen LogP contribution < -0.4 is 0 Å². The van der Waals surface area contributed by atoms with Crippen molar-refractivity contribution in [3.05, 3.63) is 25.3 Å². The molecule has 1 atom stereocenters. The summed E-state index contributed by atoms with van der Waals surface area (Å²) < 4.78 is 4.79. The molecule has 0 radical (unpaired) electrons. The Morgan fingerprint density at radius 3 is 2.64 bits per heavy atom. The molecule has 0 aliphatic heterocycles. The average Bonchev–Trinajstić information content (AvgIpc) is 1.97. The summed E-state index contributed by atoms with van der Waals surface area (Å²) in [6.07, 6.45) is 4.36. The van der Waals surface area contributed by atoms with Crippen LogP contribution in [-0.2, 0) is 9.53 Å². The summed E-state index contributed by atoms with van der Waals surface area (Å²) in [7, 11) is 0. The van der Waals surface area contributed by atoms with E-state index >= 15 is 0 Å². The van der Waals surface area contributed by atoms with Crippen LogP contribution in [0.25, 0.3) is 0 Å². The molecule has 0 rings (SSSR count). The number of hydrogen-bond donors (Lipinski definition) is 0. The normalized spacial score (nSPS) is 11.7. The number of allylic oxidation sites excluding steroid dienone is 1. The second kappa shape index (κ2) is 5.71. The Morgan fingerprint density at radius 2 is 2.27 bits per heavy atom. The predicted octanol–water partition coefficient (Wildman–Crippen LogP) is 1.93. The maximum absolute atomic E-state index is 10.4. The van der Waals surface area contributed by atoms with E-state index in [1.165, 1.54) is 6.92 Å². The fourth-order valence-electron chi connectivity index (χ4n) is 0.671. The first-order valence-electron chi connectivity index (χ1n) is 3.57. The van der Waals surface area contributed by atoms with E-state index in [0.717, 1.165) is 6.42 Å². The summed E-state index contributed by atoms with van der Waals surface area (Å²) in [5.74, 6) is -0.0442. The van der Waals surface area contributed by atoms with Crippen LogP contribution in [0.3, 0.4) is 0 Å². The van der Waals surface area contributed by atoms with Crippen molar-refractivity contribution >= 4 is 5.97 Å². The Morgan fingerprint density at radius 1 is 1.64 bits per heavy atom. The van der Waals surface area contributed by atoms with E-state index in [1.54, 1.807) is 12.2 Å². The Hall–Kier alpha value is -1.05. The maximum atomic E-state index is 10.4. The van der Waals surface area contributed by atoms with Crippen molar-refractivity contribution in [2.75, 3.05) is 6.61 Å². The van der Waals surface area contributed by atoms with Crippen LogP contribution in [0.4, 0.5) is 0 Å². The summed E-state index contributed by atoms with van der Waals surface area (Å²) >= 11 is 0. The minimum absolute atomic E-state index is 0.205. The molecule has 1 unspecified atom stereocenters. The van der Waals surface area contributed by atoms with Crippen molar-refractivity contribution in [2.24, 2.45) is 5.92 Å². The highest BCUT2D eigenvalue weighted by Gasteiger charge is 2.02. The molecule has 0 N–H and O–H groups in total. The van der Waals surface area contributed by atoms with Crippen LogP contribution in [0.5, 0.6) is 0 Å². The van der Waals surface area contributed by atoms with Gasteiger partial charge in [0.15, 0.2) is 0 Å². The number of carbonyl (C=O) groups is 1. The molecule has 0 fully saturated rings. The molecule has 0 aromatic heterocycles. The van der Waals surface area contributed by atoms with Crippen molar-refractivity contribution in [2.45, 2.75) is 13.3 Å². The first kappa shape index (κ1) is 9.95. The first-order chi connectivity index (χ1) is 5.20. The van der Waals surface area contributed by atoms with Gasteiger partial charge in [0.1, 0.15) is 0 Å². The number of hydrogen-bond acceptors (Lipinski definition) is 2. The molecule has 62 valence electrons. The van der Waals surface area contributed by atoms with Crippen LogP contribution in [0, 0.1) is 5.92 Å². The van der Waals surface area contributed by atoms with E-state index in [0.29, 0.717) is 6.61 Å². The molecule has 0 aliphatic carbocycles. The molecule has 0 saturated carbocycles.